The van der Waals surface area contributed by atoms with Crippen LogP contribution in [0.25, 0.3) is 0 Å². The number of hydrogen-bond donors (Lipinski definition) is 2. The molecule has 0 radical (unpaired) electrons. The Labute approximate surface area is 99.8 Å². The van der Waals surface area contributed by atoms with Crippen molar-refractivity contribution in [3.8, 4) is 0 Å². The van der Waals surface area contributed by atoms with E-state index in [0.29, 0.717) is 12.3 Å². The Bertz CT molecular complexity index is 375. The molecule has 16 heavy (non-hydrogen) atoms. The van der Waals surface area contributed by atoms with Gasteiger partial charge in [-0.2, -0.15) is 16.9 Å². The number of amides is 1. The summed E-state index contributed by atoms with van der Waals surface area (Å²) in [6.07, 6.45) is 0. The van der Waals surface area contributed by atoms with E-state index in [4.69, 9.17) is 5.73 Å². The highest BCUT2D eigenvalue weighted by Crippen LogP contribution is 2.18. The summed E-state index contributed by atoms with van der Waals surface area (Å²) < 4.78 is 1.76. The first kappa shape index (κ1) is 13.1. The number of nitrogens with zero attached hydrogens (tertiary/aromatic N) is 2. The molecule has 0 aromatic carbocycles. The van der Waals surface area contributed by atoms with Gasteiger partial charge < -0.3 is 11.1 Å². The normalized spacial score (nSPS) is 10.5. The molecule has 6 heteroatoms. The molecule has 0 aliphatic carbocycles. The predicted molar refractivity (Wildman–Crippen MR) is 67.7 cm³/mol. The average Bonchev–Trinajstić information content (AvgIpc) is 2.46. The third-order valence-corrected chi connectivity index (χ3v) is 3.26. The zero-order valence-corrected chi connectivity index (χ0v) is 10.7. The number of aryl methyl sites for hydroxylation is 2. The number of rotatable bonds is 5. The summed E-state index contributed by atoms with van der Waals surface area (Å²) >= 11 is 1.53. The summed E-state index contributed by atoms with van der Waals surface area (Å²) in [6, 6.07) is 0. The first-order chi connectivity index (χ1) is 7.56. The van der Waals surface area contributed by atoms with Gasteiger partial charge in [0.15, 0.2) is 0 Å². The topological polar surface area (TPSA) is 72.9 Å². The van der Waals surface area contributed by atoms with Gasteiger partial charge in [0, 0.05) is 19.3 Å². The van der Waals surface area contributed by atoms with Gasteiger partial charge in [0.25, 0.3) is 0 Å². The molecule has 0 fully saturated rings. The fourth-order valence-electron chi connectivity index (χ4n) is 1.38. The highest BCUT2D eigenvalue weighted by Gasteiger charge is 2.11. The summed E-state index contributed by atoms with van der Waals surface area (Å²) in [7, 11) is 1.86. The van der Waals surface area contributed by atoms with E-state index in [9.17, 15) is 4.79 Å². The van der Waals surface area contributed by atoms with E-state index >= 15 is 0 Å². The lowest BCUT2D eigenvalue weighted by Crippen LogP contribution is -2.16. The molecular formula is C10H18N4OS. The zero-order valence-electron chi connectivity index (χ0n) is 9.91. The Morgan fingerprint density at radius 2 is 2.25 bits per heavy atom. The maximum Gasteiger partial charge on any atom is 0.234 e. The highest BCUT2D eigenvalue weighted by molar-refractivity contribution is 7.99. The lowest BCUT2D eigenvalue weighted by molar-refractivity contribution is -0.113. The lowest BCUT2D eigenvalue weighted by atomic mass is 10.3. The number of aromatic nitrogens is 2. The molecule has 1 amide bonds. The fraction of sp³-hybridized carbons (Fsp3) is 0.600. The summed E-state index contributed by atoms with van der Waals surface area (Å²) in [5.41, 5.74) is 7.99. The van der Waals surface area contributed by atoms with Crippen molar-refractivity contribution in [2.45, 2.75) is 13.8 Å². The minimum atomic E-state index is -0.00218. The van der Waals surface area contributed by atoms with E-state index in [1.807, 2.05) is 20.9 Å². The highest BCUT2D eigenvalue weighted by atomic mass is 32.2. The van der Waals surface area contributed by atoms with Gasteiger partial charge in [-0.25, -0.2) is 0 Å². The molecule has 1 aromatic rings. The van der Waals surface area contributed by atoms with Crippen molar-refractivity contribution >= 4 is 23.4 Å². The SMILES string of the molecule is Cc1nn(C)c(C)c1NC(=O)CSCCN. The van der Waals surface area contributed by atoms with Gasteiger partial charge >= 0.3 is 0 Å². The predicted octanol–water partition coefficient (Wildman–Crippen LogP) is 0.667. The van der Waals surface area contributed by atoms with Crippen LogP contribution in [0.2, 0.25) is 0 Å². The molecule has 1 rings (SSSR count). The van der Waals surface area contributed by atoms with Crippen LogP contribution in [0, 0.1) is 13.8 Å². The monoisotopic (exact) mass is 242 g/mol. The van der Waals surface area contributed by atoms with Crippen LogP contribution in [0.3, 0.4) is 0 Å². The van der Waals surface area contributed by atoms with Crippen molar-refractivity contribution < 1.29 is 4.79 Å². The zero-order chi connectivity index (χ0) is 12.1. The second-order valence-electron chi connectivity index (χ2n) is 3.56. The van der Waals surface area contributed by atoms with E-state index in [1.165, 1.54) is 11.8 Å². The Hall–Kier alpha value is -1.01. The minimum absolute atomic E-state index is 0.00218. The molecule has 90 valence electrons. The molecule has 0 aliphatic heterocycles. The third kappa shape index (κ3) is 3.24. The number of thioether (sulfide) groups is 1. The number of anilines is 1. The maximum atomic E-state index is 11.6. The van der Waals surface area contributed by atoms with Gasteiger partial charge in [-0.05, 0) is 13.8 Å². The van der Waals surface area contributed by atoms with Gasteiger partial charge in [-0.15, -0.1) is 0 Å². The number of carbonyl (C=O) groups excluding carboxylic acids is 1. The van der Waals surface area contributed by atoms with Crippen molar-refractivity contribution in [2.24, 2.45) is 12.8 Å². The standard InChI is InChI=1S/C10H18N4OS/c1-7-10(8(2)14(3)13-7)12-9(15)6-16-5-4-11/h4-6,11H2,1-3H3,(H,12,15). The first-order valence-electron chi connectivity index (χ1n) is 5.14. The Kier molecular flexibility index (Phi) is 4.82. The average molecular weight is 242 g/mol. The minimum Gasteiger partial charge on any atom is -0.330 e. The Morgan fingerprint density at radius 3 is 2.75 bits per heavy atom. The van der Waals surface area contributed by atoms with Gasteiger partial charge in [0.2, 0.25) is 5.91 Å². The lowest BCUT2D eigenvalue weighted by Gasteiger charge is -2.05. The summed E-state index contributed by atoms with van der Waals surface area (Å²) in [6.45, 7) is 4.42. The molecule has 0 aliphatic rings. The molecular weight excluding hydrogens is 224 g/mol. The van der Waals surface area contributed by atoms with Crippen LogP contribution in [-0.4, -0.2) is 33.7 Å². The Morgan fingerprint density at radius 1 is 1.56 bits per heavy atom. The number of nitrogens with one attached hydrogen (secondary N) is 1. The van der Waals surface area contributed by atoms with Gasteiger partial charge in [-0.1, -0.05) is 0 Å². The summed E-state index contributed by atoms with van der Waals surface area (Å²) in [4.78, 5) is 11.6. The molecule has 0 saturated carbocycles. The second kappa shape index (κ2) is 5.91. The van der Waals surface area contributed by atoms with Crippen molar-refractivity contribution in [2.75, 3.05) is 23.4 Å². The number of nitrogens with two attached hydrogens (primary N) is 1. The quantitative estimate of drug-likeness (QED) is 0.744. The number of hydrogen-bond acceptors (Lipinski definition) is 4. The molecule has 0 unspecified atom stereocenters. The van der Waals surface area contributed by atoms with E-state index in [1.54, 1.807) is 4.68 Å². The van der Waals surface area contributed by atoms with Crippen LogP contribution < -0.4 is 11.1 Å². The van der Waals surface area contributed by atoms with Gasteiger partial charge in [0.1, 0.15) is 0 Å². The van der Waals surface area contributed by atoms with Crippen LogP contribution >= 0.6 is 11.8 Å². The van der Waals surface area contributed by atoms with Crippen LogP contribution in [-0.2, 0) is 11.8 Å². The number of carbonyl (C=O) groups is 1. The molecule has 1 heterocycles. The second-order valence-corrected chi connectivity index (χ2v) is 4.66. The smallest absolute Gasteiger partial charge is 0.234 e. The van der Waals surface area contributed by atoms with E-state index in [0.717, 1.165) is 22.8 Å². The fourth-order valence-corrected chi connectivity index (χ4v) is 1.95. The molecule has 0 bridgehead atoms. The van der Waals surface area contributed by atoms with Crippen molar-refractivity contribution in [1.29, 1.82) is 0 Å². The van der Waals surface area contributed by atoms with Crippen LogP contribution in [0.4, 0.5) is 5.69 Å². The van der Waals surface area contributed by atoms with Crippen molar-refractivity contribution in [1.82, 2.24) is 9.78 Å². The molecule has 1 aromatic heterocycles. The van der Waals surface area contributed by atoms with Gasteiger partial charge in [0.05, 0.1) is 22.8 Å². The van der Waals surface area contributed by atoms with E-state index in [-0.39, 0.29) is 5.91 Å². The summed E-state index contributed by atoms with van der Waals surface area (Å²) in [5, 5.41) is 7.11. The van der Waals surface area contributed by atoms with Crippen molar-refractivity contribution in [3.05, 3.63) is 11.4 Å². The van der Waals surface area contributed by atoms with E-state index < -0.39 is 0 Å². The molecule has 0 atom stereocenters. The largest absolute Gasteiger partial charge is 0.330 e. The molecule has 0 saturated heterocycles. The molecule has 0 spiro atoms. The first-order valence-corrected chi connectivity index (χ1v) is 6.29. The molecule has 5 nitrogen and oxygen atoms in total. The van der Waals surface area contributed by atoms with Crippen LogP contribution in [0.5, 0.6) is 0 Å². The molecule has 3 N–H and O–H groups in total. The Balaban J connectivity index is 2.56. The maximum absolute atomic E-state index is 11.6. The van der Waals surface area contributed by atoms with Crippen molar-refractivity contribution in [3.63, 3.8) is 0 Å². The van der Waals surface area contributed by atoms with Crippen LogP contribution in [0.15, 0.2) is 0 Å². The van der Waals surface area contributed by atoms with E-state index in [2.05, 4.69) is 10.4 Å². The van der Waals surface area contributed by atoms with Gasteiger partial charge in [-0.3, -0.25) is 9.48 Å². The summed E-state index contributed by atoms with van der Waals surface area (Å²) in [5.74, 6) is 1.24. The third-order valence-electron chi connectivity index (χ3n) is 2.27. The van der Waals surface area contributed by atoms with Crippen LogP contribution in [0.1, 0.15) is 11.4 Å².